The third-order valence-corrected chi connectivity index (χ3v) is 3.14. The number of hydrogen-bond acceptors (Lipinski definition) is 3. The first-order chi connectivity index (χ1) is 8.70. The summed E-state index contributed by atoms with van der Waals surface area (Å²) in [6.07, 6.45) is 4.67. The van der Waals surface area contributed by atoms with Crippen LogP contribution >= 0.6 is 11.6 Å². The largest absolute Gasteiger partial charge is 0.468 e. The second-order valence-electron chi connectivity index (χ2n) is 4.31. The summed E-state index contributed by atoms with van der Waals surface area (Å²) in [5.41, 5.74) is 1.99. The molecule has 2 aromatic heterocycles. The van der Waals surface area contributed by atoms with Crippen molar-refractivity contribution in [1.29, 1.82) is 0 Å². The van der Waals surface area contributed by atoms with Gasteiger partial charge in [0.05, 0.1) is 30.1 Å². The first kappa shape index (κ1) is 13.2. The minimum atomic E-state index is 0.688. The van der Waals surface area contributed by atoms with E-state index >= 15 is 0 Å². The molecule has 0 radical (unpaired) electrons. The second-order valence-corrected chi connectivity index (χ2v) is 4.71. The number of halogens is 1. The number of aryl methyl sites for hydroxylation is 1. The highest BCUT2D eigenvalue weighted by atomic mass is 35.5. The number of furan rings is 1. The van der Waals surface area contributed by atoms with Crippen molar-refractivity contribution < 1.29 is 4.42 Å². The highest BCUT2D eigenvalue weighted by molar-refractivity contribution is 6.31. The summed E-state index contributed by atoms with van der Waals surface area (Å²) in [6.45, 7) is 6.48. The predicted octanol–water partition coefficient (Wildman–Crippen LogP) is 2.99. The van der Waals surface area contributed by atoms with Crippen molar-refractivity contribution in [1.82, 2.24) is 15.1 Å². The summed E-state index contributed by atoms with van der Waals surface area (Å²) in [6, 6.07) is 1.98. The van der Waals surface area contributed by atoms with Crippen molar-refractivity contribution >= 4 is 11.6 Å². The van der Waals surface area contributed by atoms with E-state index in [1.54, 1.807) is 6.26 Å². The Kier molecular flexibility index (Phi) is 4.44. The molecule has 4 nitrogen and oxygen atoms in total. The minimum absolute atomic E-state index is 0.688. The molecule has 0 saturated heterocycles. The molecule has 18 heavy (non-hydrogen) atoms. The second kappa shape index (κ2) is 6.07. The monoisotopic (exact) mass is 267 g/mol. The number of hydrogen-bond donors (Lipinski definition) is 1. The Morgan fingerprint density at radius 1 is 1.50 bits per heavy atom. The summed E-state index contributed by atoms with van der Waals surface area (Å²) in [4.78, 5) is 0. The van der Waals surface area contributed by atoms with Gasteiger partial charge in [-0.15, -0.1) is 0 Å². The molecule has 0 aliphatic carbocycles. The van der Waals surface area contributed by atoms with Gasteiger partial charge in [0.2, 0.25) is 0 Å². The lowest BCUT2D eigenvalue weighted by molar-refractivity contribution is 0.475. The molecule has 0 atom stereocenters. The molecule has 0 unspecified atom stereocenters. The van der Waals surface area contributed by atoms with Crippen LogP contribution in [0.2, 0.25) is 5.02 Å². The Balaban J connectivity index is 2.02. The van der Waals surface area contributed by atoms with Gasteiger partial charge < -0.3 is 9.73 Å². The summed E-state index contributed by atoms with van der Waals surface area (Å²) in [5.74, 6) is 0.965. The average Bonchev–Trinajstić information content (AvgIpc) is 2.88. The molecule has 2 heterocycles. The molecule has 2 rings (SSSR count). The van der Waals surface area contributed by atoms with Crippen molar-refractivity contribution in [2.75, 3.05) is 6.54 Å². The Morgan fingerprint density at radius 2 is 2.33 bits per heavy atom. The van der Waals surface area contributed by atoms with Crippen LogP contribution in [-0.4, -0.2) is 16.3 Å². The molecule has 0 aromatic carbocycles. The molecule has 0 amide bonds. The van der Waals surface area contributed by atoms with E-state index < -0.39 is 0 Å². The zero-order valence-corrected chi connectivity index (χ0v) is 11.5. The van der Waals surface area contributed by atoms with Gasteiger partial charge in [-0.1, -0.05) is 18.5 Å². The molecule has 0 aliphatic rings. The molecule has 1 N–H and O–H groups in total. The average molecular weight is 268 g/mol. The van der Waals surface area contributed by atoms with Crippen LogP contribution < -0.4 is 5.32 Å². The third kappa shape index (κ3) is 3.15. The van der Waals surface area contributed by atoms with Crippen molar-refractivity contribution in [2.24, 2.45) is 0 Å². The van der Waals surface area contributed by atoms with E-state index in [1.807, 2.05) is 23.9 Å². The lowest BCUT2D eigenvalue weighted by Crippen LogP contribution is -2.15. The molecule has 0 bridgehead atoms. The Labute approximate surface area is 112 Å². The molecule has 0 spiro atoms. The first-order valence-corrected chi connectivity index (χ1v) is 6.54. The highest BCUT2D eigenvalue weighted by Crippen LogP contribution is 2.16. The maximum Gasteiger partial charge on any atom is 0.122 e. The number of nitrogens with zero attached hydrogens (tertiary/aromatic N) is 2. The smallest absolute Gasteiger partial charge is 0.122 e. The molecular formula is C13H18ClN3O. The lowest BCUT2D eigenvalue weighted by atomic mass is 10.2. The molecule has 2 aromatic rings. The number of nitrogens with one attached hydrogen (secondary N) is 1. The topological polar surface area (TPSA) is 43.0 Å². The fraction of sp³-hybridized carbons (Fsp3) is 0.462. The summed E-state index contributed by atoms with van der Waals surface area (Å²) in [7, 11) is 0. The predicted molar refractivity (Wildman–Crippen MR) is 71.8 cm³/mol. The summed E-state index contributed by atoms with van der Waals surface area (Å²) < 4.78 is 7.32. The molecule has 0 aliphatic heterocycles. The highest BCUT2D eigenvalue weighted by Gasteiger charge is 2.08. The van der Waals surface area contributed by atoms with Crippen LogP contribution in [0.4, 0.5) is 0 Å². The van der Waals surface area contributed by atoms with Gasteiger partial charge in [0.15, 0.2) is 0 Å². The van der Waals surface area contributed by atoms with Crippen molar-refractivity contribution in [3.05, 3.63) is 40.6 Å². The molecule has 0 fully saturated rings. The first-order valence-electron chi connectivity index (χ1n) is 6.16. The molecule has 0 saturated carbocycles. The lowest BCUT2D eigenvalue weighted by Gasteiger charge is -2.04. The van der Waals surface area contributed by atoms with E-state index in [9.17, 15) is 0 Å². The van der Waals surface area contributed by atoms with Crippen LogP contribution in [0.25, 0.3) is 0 Å². The maximum absolute atomic E-state index is 5.99. The third-order valence-electron chi connectivity index (χ3n) is 2.77. The normalized spacial score (nSPS) is 11.1. The fourth-order valence-electron chi connectivity index (χ4n) is 1.79. The summed E-state index contributed by atoms with van der Waals surface area (Å²) >= 11 is 5.99. The van der Waals surface area contributed by atoms with Crippen LogP contribution in [0.15, 0.2) is 22.9 Å². The van der Waals surface area contributed by atoms with Gasteiger partial charge in [-0.25, -0.2) is 0 Å². The van der Waals surface area contributed by atoms with Crippen LogP contribution in [-0.2, 0) is 13.1 Å². The Bertz CT molecular complexity index is 485. The van der Waals surface area contributed by atoms with E-state index in [0.717, 1.165) is 36.5 Å². The van der Waals surface area contributed by atoms with Gasteiger partial charge in [0.25, 0.3) is 0 Å². The van der Waals surface area contributed by atoms with E-state index in [1.165, 1.54) is 0 Å². The molecular weight excluding hydrogens is 250 g/mol. The van der Waals surface area contributed by atoms with Gasteiger partial charge in [-0.3, -0.25) is 4.68 Å². The van der Waals surface area contributed by atoms with Crippen molar-refractivity contribution in [2.45, 2.75) is 33.4 Å². The van der Waals surface area contributed by atoms with Gasteiger partial charge in [-0.2, -0.15) is 5.10 Å². The standard InChI is InChI=1S/C13H18ClN3O/c1-3-5-15-7-13-11(4-6-18-13)8-17-9-12(14)10(2)16-17/h4,6,9,15H,3,5,7-8H2,1-2H3. The van der Waals surface area contributed by atoms with E-state index in [0.29, 0.717) is 11.6 Å². The summed E-state index contributed by atoms with van der Waals surface area (Å²) in [5, 5.41) is 8.37. The zero-order chi connectivity index (χ0) is 13.0. The van der Waals surface area contributed by atoms with Crippen molar-refractivity contribution in [3.8, 4) is 0 Å². The molecule has 98 valence electrons. The van der Waals surface area contributed by atoms with Crippen molar-refractivity contribution in [3.63, 3.8) is 0 Å². The van der Waals surface area contributed by atoms with Crippen LogP contribution in [0, 0.1) is 6.92 Å². The zero-order valence-electron chi connectivity index (χ0n) is 10.7. The quantitative estimate of drug-likeness (QED) is 0.819. The van der Waals surface area contributed by atoms with Crippen LogP contribution in [0.1, 0.15) is 30.4 Å². The van der Waals surface area contributed by atoms with Crippen LogP contribution in [0.5, 0.6) is 0 Å². The van der Waals surface area contributed by atoms with Gasteiger partial charge >= 0.3 is 0 Å². The number of aromatic nitrogens is 2. The van der Waals surface area contributed by atoms with E-state index in [2.05, 4.69) is 17.3 Å². The molecule has 5 heteroatoms. The SMILES string of the molecule is CCCNCc1occc1Cn1cc(Cl)c(C)n1. The number of rotatable bonds is 6. The fourth-order valence-corrected chi connectivity index (χ4v) is 1.94. The Hall–Kier alpha value is -1.26. The van der Waals surface area contributed by atoms with Crippen LogP contribution in [0.3, 0.4) is 0 Å². The minimum Gasteiger partial charge on any atom is -0.468 e. The van der Waals surface area contributed by atoms with Gasteiger partial charge in [-0.05, 0) is 26.0 Å². The Morgan fingerprint density at radius 3 is 3.00 bits per heavy atom. The van der Waals surface area contributed by atoms with E-state index in [4.69, 9.17) is 16.0 Å². The van der Waals surface area contributed by atoms with Gasteiger partial charge in [0.1, 0.15) is 5.76 Å². The maximum atomic E-state index is 5.99. The van der Waals surface area contributed by atoms with E-state index in [-0.39, 0.29) is 0 Å². The van der Waals surface area contributed by atoms with Gasteiger partial charge in [0, 0.05) is 11.8 Å².